The zero-order chi connectivity index (χ0) is 39.7. The molecule has 0 fully saturated rings. The Labute approximate surface area is 313 Å². The number of alkyl carbamates (subject to hydrolysis) is 1. The molecule has 0 radical (unpaired) electrons. The summed E-state index contributed by atoms with van der Waals surface area (Å²) in [6.07, 6.45) is 3.99. The van der Waals surface area contributed by atoms with Gasteiger partial charge in [-0.3, -0.25) is 28.9 Å². The van der Waals surface area contributed by atoms with Gasteiger partial charge in [0, 0.05) is 43.9 Å². The number of anilines is 1. The molecule has 1 unspecified atom stereocenters. The van der Waals surface area contributed by atoms with Crippen LogP contribution in [0, 0.1) is 10.8 Å². The Balaban J connectivity index is 1.84. The minimum atomic E-state index is -1.03. The highest BCUT2D eigenvalue weighted by atomic mass is 16.5. The predicted octanol–water partition coefficient (Wildman–Crippen LogP) is 1.21. The third kappa shape index (κ3) is 18.4. The number of rotatable bonds is 27. The molecule has 7 N–H and O–H groups in total. The van der Waals surface area contributed by atoms with Gasteiger partial charge in [-0.05, 0) is 49.3 Å². The molecule has 0 aromatic heterocycles. The number of nitrogens with two attached hydrogens (primary N) is 1. The fourth-order valence-corrected chi connectivity index (χ4v) is 4.98. The maximum Gasteiger partial charge on any atom is 0.407 e. The Hall–Kier alpha value is -5.43. The van der Waals surface area contributed by atoms with Crippen LogP contribution in [-0.2, 0) is 44.8 Å². The minimum Gasteiger partial charge on any atom is -0.445 e. The van der Waals surface area contributed by atoms with Crippen LogP contribution in [0.3, 0.4) is 0 Å². The molecule has 0 aliphatic carbocycles. The van der Waals surface area contributed by atoms with Crippen molar-refractivity contribution in [1.29, 1.82) is 0 Å². The van der Waals surface area contributed by atoms with E-state index in [2.05, 4.69) is 31.8 Å². The second-order valence-electron chi connectivity index (χ2n) is 12.5. The topological polar surface area (TPSA) is 266 Å². The maximum atomic E-state index is 13.4. The number of nitrogens with one attached hydrogen (secondary N) is 5. The number of carbonyl (C=O) groups is 7. The average Bonchev–Trinajstić information content (AvgIpc) is 3.46. The zero-order valence-corrected chi connectivity index (χ0v) is 30.8. The van der Waals surface area contributed by atoms with Gasteiger partial charge in [0.25, 0.3) is 11.8 Å². The lowest BCUT2D eigenvalue weighted by atomic mass is 10.0. The smallest absolute Gasteiger partial charge is 0.407 e. The van der Waals surface area contributed by atoms with Crippen LogP contribution in [0.15, 0.2) is 41.6 Å². The number of carbonyl (C=O) groups excluding carboxylic acids is 7. The van der Waals surface area contributed by atoms with Crippen LogP contribution >= 0.6 is 0 Å². The third-order valence-corrected chi connectivity index (χ3v) is 7.86. The van der Waals surface area contributed by atoms with Crippen molar-refractivity contribution in [1.82, 2.24) is 26.2 Å². The summed E-state index contributed by atoms with van der Waals surface area (Å²) in [5.41, 5.74) is 6.20. The molecule has 19 heteroatoms. The van der Waals surface area contributed by atoms with Gasteiger partial charge < -0.3 is 46.5 Å². The minimum absolute atomic E-state index is 0.0360. The number of ether oxygens (including phenoxy) is 3. The van der Waals surface area contributed by atoms with Crippen molar-refractivity contribution in [3.8, 4) is 0 Å². The number of hydrogen-bond acceptors (Lipinski definition) is 12. The summed E-state index contributed by atoms with van der Waals surface area (Å²) < 4.78 is 15.6. The molecule has 1 heterocycles. The Kier molecular flexibility index (Phi) is 21.1. The molecular weight excluding hydrogens is 708 g/mol. The first-order chi connectivity index (χ1) is 25.9. The highest BCUT2D eigenvalue weighted by Gasteiger charge is 2.29. The van der Waals surface area contributed by atoms with Crippen LogP contribution in [0.25, 0.3) is 0 Å². The molecule has 54 heavy (non-hydrogen) atoms. The SMILES string of the molecule is CC(C)C(NC(=O)CCCCCN1C(=O)C=CC1=O)C(=O)N[C@H](CCCNC(N)=O)C(=O)Nc1ccc(COC(=O)NCCOCCOCCN=O)cc1. The van der Waals surface area contributed by atoms with Crippen LogP contribution < -0.4 is 32.3 Å². The van der Waals surface area contributed by atoms with Crippen molar-refractivity contribution in [2.24, 2.45) is 16.8 Å². The van der Waals surface area contributed by atoms with Crippen LogP contribution in [-0.4, -0.2) is 111 Å². The molecule has 298 valence electrons. The van der Waals surface area contributed by atoms with Gasteiger partial charge in [-0.25, -0.2) is 9.59 Å². The largest absolute Gasteiger partial charge is 0.445 e. The third-order valence-electron chi connectivity index (χ3n) is 7.86. The molecule has 0 spiro atoms. The number of imide groups is 1. The van der Waals surface area contributed by atoms with Crippen molar-refractivity contribution in [3.63, 3.8) is 0 Å². The second-order valence-corrected chi connectivity index (χ2v) is 12.5. The van der Waals surface area contributed by atoms with Gasteiger partial charge in [-0.2, -0.15) is 4.91 Å². The highest BCUT2D eigenvalue weighted by molar-refractivity contribution is 6.12. The van der Waals surface area contributed by atoms with Crippen molar-refractivity contribution in [2.45, 2.75) is 71.1 Å². The molecule has 1 aromatic rings. The number of hydrogen-bond donors (Lipinski definition) is 6. The first-order valence-corrected chi connectivity index (χ1v) is 17.8. The lowest BCUT2D eigenvalue weighted by Gasteiger charge is -2.25. The van der Waals surface area contributed by atoms with Crippen molar-refractivity contribution in [3.05, 3.63) is 46.9 Å². The summed E-state index contributed by atoms with van der Waals surface area (Å²) in [5.74, 6) is -2.47. The normalized spacial score (nSPS) is 13.3. The fourth-order valence-electron chi connectivity index (χ4n) is 4.98. The predicted molar refractivity (Wildman–Crippen MR) is 195 cm³/mol. The lowest BCUT2D eigenvalue weighted by Crippen LogP contribution is -2.54. The molecule has 2 rings (SSSR count). The van der Waals surface area contributed by atoms with E-state index < -0.39 is 36.0 Å². The zero-order valence-electron chi connectivity index (χ0n) is 30.8. The van der Waals surface area contributed by atoms with E-state index in [-0.39, 0.29) is 82.5 Å². The standard InChI is InChI=1S/C35H52N8O11/c1-24(2)31(42-28(44)8-4-3-5-18-43-29(45)13-14-30(43)46)33(48)41-27(7-6-15-37-34(36)49)32(47)40-26-11-9-25(10-12-26)23-54-35(50)38-16-19-52-21-22-53-20-17-39-51/h9-14,24,27,31H,3-8,15-23H2,1-2H3,(H,38,50)(H,40,47)(H,41,48)(H,42,44)(H3,36,37,49)/t27-,31?/m1/s1. The maximum absolute atomic E-state index is 13.4. The van der Waals surface area contributed by atoms with Gasteiger partial charge in [-0.1, -0.05) is 37.6 Å². The summed E-state index contributed by atoms with van der Waals surface area (Å²) in [5, 5.41) is 15.9. The Morgan fingerprint density at radius 2 is 1.50 bits per heavy atom. The summed E-state index contributed by atoms with van der Waals surface area (Å²) in [4.78, 5) is 97.1. The summed E-state index contributed by atoms with van der Waals surface area (Å²) in [7, 11) is 0. The molecule has 1 aromatic carbocycles. The molecule has 0 saturated carbocycles. The number of benzene rings is 1. The van der Waals surface area contributed by atoms with Crippen molar-refractivity contribution < 1.29 is 47.8 Å². The Bertz CT molecular complexity index is 1420. The van der Waals surface area contributed by atoms with Crippen molar-refractivity contribution in [2.75, 3.05) is 57.9 Å². The average molecular weight is 761 g/mol. The molecule has 0 bridgehead atoms. The van der Waals surface area contributed by atoms with E-state index in [1.54, 1.807) is 38.1 Å². The molecule has 2 atom stereocenters. The summed E-state index contributed by atoms with van der Waals surface area (Å²) in [6.45, 7) is 5.27. The van der Waals surface area contributed by atoms with E-state index in [1.807, 2.05) is 0 Å². The first kappa shape index (κ1) is 44.7. The molecule has 8 amide bonds. The van der Waals surface area contributed by atoms with E-state index in [0.717, 1.165) is 4.90 Å². The highest BCUT2D eigenvalue weighted by Crippen LogP contribution is 2.13. The van der Waals surface area contributed by atoms with Crippen LogP contribution in [0.5, 0.6) is 0 Å². The van der Waals surface area contributed by atoms with Gasteiger partial charge in [0.15, 0.2) is 0 Å². The lowest BCUT2D eigenvalue weighted by molar-refractivity contribution is -0.137. The van der Waals surface area contributed by atoms with Gasteiger partial charge >= 0.3 is 12.1 Å². The number of urea groups is 1. The van der Waals surface area contributed by atoms with Crippen LogP contribution in [0.4, 0.5) is 15.3 Å². The molecule has 0 saturated heterocycles. The quantitative estimate of drug-likeness (QED) is 0.0422. The monoisotopic (exact) mass is 760 g/mol. The molecule has 1 aliphatic heterocycles. The fraction of sp³-hybridized carbons (Fsp3) is 0.571. The summed E-state index contributed by atoms with van der Waals surface area (Å²) >= 11 is 0. The molecule has 19 nitrogen and oxygen atoms in total. The van der Waals surface area contributed by atoms with Gasteiger partial charge in [0.1, 0.15) is 25.2 Å². The van der Waals surface area contributed by atoms with E-state index in [4.69, 9.17) is 19.9 Å². The Morgan fingerprint density at radius 1 is 0.815 bits per heavy atom. The van der Waals surface area contributed by atoms with E-state index in [0.29, 0.717) is 50.1 Å². The number of unbranched alkanes of at least 4 members (excludes halogenated alkanes) is 2. The number of amides is 8. The second kappa shape index (κ2) is 25.5. The van der Waals surface area contributed by atoms with Gasteiger partial charge in [-0.15, -0.1) is 0 Å². The van der Waals surface area contributed by atoms with Gasteiger partial charge in [0.05, 0.1) is 26.4 Å². The first-order valence-electron chi connectivity index (χ1n) is 17.8. The summed E-state index contributed by atoms with van der Waals surface area (Å²) in [6, 6.07) is 3.84. The Morgan fingerprint density at radius 3 is 2.15 bits per heavy atom. The van der Waals surface area contributed by atoms with E-state index in [1.165, 1.54) is 12.2 Å². The molecule has 1 aliphatic rings. The molecular formula is C35H52N8O11. The van der Waals surface area contributed by atoms with Crippen LogP contribution in [0.1, 0.15) is 57.9 Å². The number of primary amides is 1. The van der Waals surface area contributed by atoms with Crippen molar-refractivity contribution >= 4 is 47.3 Å². The van der Waals surface area contributed by atoms with E-state index >= 15 is 0 Å². The number of nitrogens with zero attached hydrogens (tertiary/aromatic N) is 2. The van der Waals surface area contributed by atoms with Gasteiger partial charge in [0.2, 0.25) is 17.7 Å². The van der Waals surface area contributed by atoms with E-state index in [9.17, 15) is 38.5 Å². The van der Waals surface area contributed by atoms with Crippen LogP contribution in [0.2, 0.25) is 0 Å². The number of nitroso groups, excluding NO2 is 1.